The number of para-hydroxylation sites is 1. The number of carbonyl (C=O) groups is 1. The number of benzene rings is 2. The van der Waals surface area contributed by atoms with E-state index in [4.69, 9.17) is 9.47 Å². The summed E-state index contributed by atoms with van der Waals surface area (Å²) in [5.74, 6) is 1.49. The standard InChI is InChI=1S/C21H24N2O3S/c1-5-23-20-17(26-6-2)8-7-9-18(20)27-21(23)22-19(24)13-15-10-11-16(25-4)14(3)12-15/h7-12H,5-6,13H2,1-4H3. The van der Waals surface area contributed by atoms with Crippen LogP contribution in [0.1, 0.15) is 25.0 Å². The molecule has 3 aromatic rings. The zero-order chi connectivity index (χ0) is 19.4. The van der Waals surface area contributed by atoms with Gasteiger partial charge in [-0.2, -0.15) is 4.99 Å². The number of rotatable bonds is 6. The molecule has 0 aliphatic carbocycles. The molecule has 0 radical (unpaired) electrons. The Bertz CT molecular complexity index is 1030. The van der Waals surface area contributed by atoms with Gasteiger partial charge in [0.1, 0.15) is 17.0 Å². The molecule has 1 heterocycles. The van der Waals surface area contributed by atoms with Crippen LogP contribution in [-0.2, 0) is 17.8 Å². The van der Waals surface area contributed by atoms with E-state index in [0.717, 1.165) is 39.4 Å². The largest absolute Gasteiger partial charge is 0.496 e. The quantitative estimate of drug-likeness (QED) is 0.643. The summed E-state index contributed by atoms with van der Waals surface area (Å²) in [7, 11) is 1.64. The summed E-state index contributed by atoms with van der Waals surface area (Å²) in [5.41, 5.74) is 2.94. The number of thiazole rings is 1. The maximum absolute atomic E-state index is 12.6. The number of hydrogen-bond acceptors (Lipinski definition) is 4. The Kier molecular flexibility index (Phi) is 5.96. The maximum atomic E-state index is 12.6. The molecule has 0 unspecified atom stereocenters. The summed E-state index contributed by atoms with van der Waals surface area (Å²) < 4.78 is 14.1. The summed E-state index contributed by atoms with van der Waals surface area (Å²) in [6, 6.07) is 11.7. The zero-order valence-electron chi connectivity index (χ0n) is 16.1. The first-order valence-electron chi connectivity index (χ1n) is 9.03. The Morgan fingerprint density at radius 2 is 2.00 bits per heavy atom. The van der Waals surface area contributed by atoms with E-state index >= 15 is 0 Å². The molecule has 5 nitrogen and oxygen atoms in total. The van der Waals surface area contributed by atoms with Crippen molar-refractivity contribution in [1.82, 2.24) is 4.57 Å². The van der Waals surface area contributed by atoms with Crippen molar-refractivity contribution < 1.29 is 14.3 Å². The van der Waals surface area contributed by atoms with Gasteiger partial charge in [0.15, 0.2) is 4.80 Å². The highest BCUT2D eigenvalue weighted by atomic mass is 32.1. The average Bonchev–Trinajstić information content (AvgIpc) is 3.00. The van der Waals surface area contributed by atoms with E-state index in [2.05, 4.69) is 4.99 Å². The normalized spacial score (nSPS) is 11.8. The molecule has 27 heavy (non-hydrogen) atoms. The third kappa shape index (κ3) is 4.06. The number of hydrogen-bond donors (Lipinski definition) is 0. The summed E-state index contributed by atoms with van der Waals surface area (Å²) in [5, 5.41) is 0. The lowest BCUT2D eigenvalue weighted by atomic mass is 10.1. The van der Waals surface area contributed by atoms with Gasteiger partial charge >= 0.3 is 0 Å². The number of ether oxygens (including phenoxy) is 2. The second-order valence-electron chi connectivity index (χ2n) is 6.15. The predicted octanol–water partition coefficient (Wildman–Crippen LogP) is 4.11. The fourth-order valence-corrected chi connectivity index (χ4v) is 4.25. The summed E-state index contributed by atoms with van der Waals surface area (Å²) in [6.07, 6.45) is 0.265. The third-order valence-corrected chi connectivity index (χ3v) is 5.36. The lowest BCUT2D eigenvalue weighted by molar-refractivity contribution is -0.117. The van der Waals surface area contributed by atoms with E-state index in [1.54, 1.807) is 7.11 Å². The van der Waals surface area contributed by atoms with Crippen LogP contribution in [0.3, 0.4) is 0 Å². The molecule has 0 atom stereocenters. The van der Waals surface area contributed by atoms with Crippen LogP contribution in [0.4, 0.5) is 0 Å². The van der Waals surface area contributed by atoms with Crippen LogP contribution >= 0.6 is 11.3 Å². The molecule has 6 heteroatoms. The second kappa shape index (κ2) is 8.39. The minimum Gasteiger partial charge on any atom is -0.496 e. The topological polar surface area (TPSA) is 52.8 Å². The number of nitrogens with zero attached hydrogens (tertiary/aromatic N) is 2. The van der Waals surface area contributed by atoms with E-state index in [1.807, 2.05) is 61.7 Å². The van der Waals surface area contributed by atoms with Gasteiger partial charge < -0.3 is 14.0 Å². The van der Waals surface area contributed by atoms with E-state index in [1.165, 1.54) is 11.3 Å². The molecule has 0 saturated carbocycles. The molecule has 1 amide bonds. The molecule has 2 aromatic carbocycles. The summed E-state index contributed by atoms with van der Waals surface area (Å²) in [4.78, 5) is 17.7. The minimum absolute atomic E-state index is 0.161. The highest BCUT2D eigenvalue weighted by molar-refractivity contribution is 7.16. The summed E-state index contributed by atoms with van der Waals surface area (Å²) in [6.45, 7) is 7.30. The van der Waals surface area contributed by atoms with Gasteiger partial charge in [-0.1, -0.05) is 29.5 Å². The molecular formula is C21H24N2O3S. The smallest absolute Gasteiger partial charge is 0.252 e. The predicted molar refractivity (Wildman–Crippen MR) is 109 cm³/mol. The van der Waals surface area contributed by atoms with E-state index in [9.17, 15) is 4.79 Å². The van der Waals surface area contributed by atoms with Gasteiger partial charge in [0.05, 0.1) is 24.8 Å². The van der Waals surface area contributed by atoms with Crippen molar-refractivity contribution in [1.29, 1.82) is 0 Å². The minimum atomic E-state index is -0.161. The van der Waals surface area contributed by atoms with Crippen molar-refractivity contribution in [3.05, 3.63) is 52.3 Å². The molecule has 0 saturated heterocycles. The molecule has 0 spiro atoms. The molecule has 0 bridgehead atoms. The number of fused-ring (bicyclic) bond motifs is 1. The van der Waals surface area contributed by atoms with Crippen LogP contribution in [0.15, 0.2) is 41.4 Å². The van der Waals surface area contributed by atoms with Crippen LogP contribution < -0.4 is 14.3 Å². The number of aromatic nitrogens is 1. The number of amides is 1. The number of aryl methyl sites for hydroxylation is 2. The van der Waals surface area contributed by atoms with Gasteiger partial charge in [-0.05, 0) is 50.1 Å². The molecule has 142 valence electrons. The van der Waals surface area contributed by atoms with Gasteiger partial charge in [-0.25, -0.2) is 0 Å². The fourth-order valence-electron chi connectivity index (χ4n) is 3.12. The molecule has 0 N–H and O–H groups in total. The van der Waals surface area contributed by atoms with Crippen LogP contribution in [-0.4, -0.2) is 24.2 Å². The van der Waals surface area contributed by atoms with E-state index in [-0.39, 0.29) is 12.3 Å². The van der Waals surface area contributed by atoms with Gasteiger partial charge in [-0.3, -0.25) is 4.79 Å². The Balaban J connectivity index is 1.96. The van der Waals surface area contributed by atoms with Crippen molar-refractivity contribution in [2.24, 2.45) is 4.99 Å². The highest BCUT2D eigenvalue weighted by Crippen LogP contribution is 2.27. The molecule has 3 rings (SSSR count). The molecule has 1 aromatic heterocycles. The average molecular weight is 385 g/mol. The summed E-state index contributed by atoms with van der Waals surface area (Å²) >= 11 is 1.51. The number of methoxy groups -OCH3 is 1. The van der Waals surface area contributed by atoms with E-state index in [0.29, 0.717) is 11.4 Å². The zero-order valence-corrected chi connectivity index (χ0v) is 16.9. The van der Waals surface area contributed by atoms with Crippen LogP contribution in [0.25, 0.3) is 10.2 Å². The van der Waals surface area contributed by atoms with Gasteiger partial charge in [0.25, 0.3) is 5.91 Å². The monoisotopic (exact) mass is 384 g/mol. The SMILES string of the molecule is CCOc1cccc2sc(=NC(=O)Cc3ccc(OC)c(C)c3)n(CC)c12. The molecule has 0 aliphatic rings. The first-order valence-corrected chi connectivity index (χ1v) is 9.85. The maximum Gasteiger partial charge on any atom is 0.252 e. The Hall–Kier alpha value is -2.60. The van der Waals surface area contributed by atoms with Crippen molar-refractivity contribution in [3.63, 3.8) is 0 Å². The van der Waals surface area contributed by atoms with Gasteiger partial charge in [0, 0.05) is 6.54 Å². The first kappa shape index (κ1) is 19.2. The van der Waals surface area contributed by atoms with E-state index < -0.39 is 0 Å². The van der Waals surface area contributed by atoms with Gasteiger partial charge in [0.2, 0.25) is 0 Å². The third-order valence-electron chi connectivity index (χ3n) is 4.32. The van der Waals surface area contributed by atoms with Crippen molar-refractivity contribution in [2.75, 3.05) is 13.7 Å². The highest BCUT2D eigenvalue weighted by Gasteiger charge is 2.12. The molecule has 0 fully saturated rings. The van der Waals surface area contributed by atoms with Gasteiger partial charge in [-0.15, -0.1) is 0 Å². The van der Waals surface area contributed by atoms with Crippen molar-refractivity contribution in [3.8, 4) is 11.5 Å². The lowest BCUT2D eigenvalue weighted by Crippen LogP contribution is -2.17. The molecule has 0 aliphatic heterocycles. The number of carbonyl (C=O) groups excluding carboxylic acids is 1. The fraction of sp³-hybridized carbons (Fsp3) is 0.333. The molecular weight excluding hydrogens is 360 g/mol. The van der Waals surface area contributed by atoms with Crippen LogP contribution in [0.2, 0.25) is 0 Å². The Morgan fingerprint density at radius 1 is 1.19 bits per heavy atom. The first-order chi connectivity index (χ1) is 13.1. The lowest BCUT2D eigenvalue weighted by Gasteiger charge is -2.07. The van der Waals surface area contributed by atoms with Crippen LogP contribution in [0.5, 0.6) is 11.5 Å². The second-order valence-corrected chi connectivity index (χ2v) is 7.16. The Labute approximate surface area is 162 Å². The van der Waals surface area contributed by atoms with Crippen molar-refractivity contribution >= 4 is 27.5 Å². The van der Waals surface area contributed by atoms with Crippen LogP contribution in [0, 0.1) is 6.92 Å². The Morgan fingerprint density at radius 3 is 2.67 bits per heavy atom. The van der Waals surface area contributed by atoms with Crippen molar-refractivity contribution in [2.45, 2.75) is 33.7 Å².